The van der Waals surface area contributed by atoms with Gasteiger partial charge in [-0.3, -0.25) is 9.59 Å². The van der Waals surface area contributed by atoms with Crippen molar-refractivity contribution in [2.24, 2.45) is 17.4 Å². The van der Waals surface area contributed by atoms with Gasteiger partial charge in [-0.15, -0.1) is 0 Å². The van der Waals surface area contributed by atoms with Crippen LogP contribution >= 0.6 is 0 Å². The van der Waals surface area contributed by atoms with Crippen LogP contribution in [0.1, 0.15) is 60.5 Å². The largest absolute Gasteiger partial charge is 0.488 e. The van der Waals surface area contributed by atoms with Crippen molar-refractivity contribution >= 4 is 11.8 Å². The Morgan fingerprint density at radius 3 is 2.04 bits per heavy atom. The number of primary amides is 1. The summed E-state index contributed by atoms with van der Waals surface area (Å²) in [5.74, 6) is -0.0320. The first-order chi connectivity index (χ1) is 13.0. The second-order valence-electron chi connectivity index (χ2n) is 7.84. The maximum absolute atomic E-state index is 12.6. The van der Waals surface area contributed by atoms with Crippen LogP contribution in [0, 0.1) is 5.92 Å². The van der Waals surface area contributed by atoms with Gasteiger partial charge < -0.3 is 21.1 Å². The summed E-state index contributed by atoms with van der Waals surface area (Å²) in [6.45, 7) is 13.8. The van der Waals surface area contributed by atoms with Gasteiger partial charge in [-0.2, -0.15) is 0 Å². The van der Waals surface area contributed by atoms with Crippen LogP contribution in [0.25, 0.3) is 0 Å². The van der Waals surface area contributed by atoms with Crippen LogP contribution < -0.4 is 16.2 Å². The molecule has 0 heterocycles. The number of hydrogen-bond donors (Lipinski definition) is 2. The molecule has 2 unspecified atom stereocenters. The molecule has 28 heavy (non-hydrogen) atoms. The maximum Gasteiger partial charge on any atom is 0.240 e. The lowest BCUT2D eigenvalue weighted by Gasteiger charge is -2.30. The molecule has 0 aliphatic heterocycles. The first-order valence-electron chi connectivity index (χ1n) is 10.1. The molecule has 1 aromatic rings. The first-order valence-corrected chi connectivity index (χ1v) is 10.1. The molecule has 0 bridgehead atoms. The number of ether oxygens (including phenoxy) is 1. The van der Waals surface area contributed by atoms with Gasteiger partial charge >= 0.3 is 0 Å². The van der Waals surface area contributed by atoms with E-state index in [9.17, 15) is 9.59 Å². The van der Waals surface area contributed by atoms with E-state index in [1.165, 1.54) is 4.90 Å². The lowest BCUT2D eigenvalue weighted by Crippen LogP contribution is -2.53. The summed E-state index contributed by atoms with van der Waals surface area (Å²) < 4.78 is 5.79. The van der Waals surface area contributed by atoms with E-state index in [1.54, 1.807) is 7.05 Å². The zero-order valence-corrected chi connectivity index (χ0v) is 18.8. The molecule has 6 nitrogen and oxygen atoms in total. The van der Waals surface area contributed by atoms with Crippen molar-refractivity contribution in [2.45, 2.75) is 79.0 Å². The summed E-state index contributed by atoms with van der Waals surface area (Å²) in [5.41, 5.74) is 12.2. The third-order valence-electron chi connectivity index (χ3n) is 4.46. The normalized spacial score (nSPS) is 14.2. The SMILES string of the molecule is CC.CCC(C)[C@H](N)C(=O)N(C)C(Cc1ccc(OC(C)(C)C)cc1)C(N)=O. The molecule has 0 fully saturated rings. The molecule has 0 aromatic heterocycles. The maximum atomic E-state index is 12.6. The molecule has 0 saturated heterocycles. The standard InChI is InChI=1S/C20H33N3O3.C2H6/c1-7-13(2)17(21)19(25)23(6)16(18(22)24)12-14-8-10-15(11-9-14)26-20(3,4)5;1-2/h8-11,13,16-17H,7,12,21H2,1-6H3,(H2,22,24);1-2H3/t13?,16?,17-;/m0./s1. The number of hydrogen-bond acceptors (Lipinski definition) is 4. The van der Waals surface area contributed by atoms with Gasteiger partial charge in [0.2, 0.25) is 11.8 Å². The van der Waals surface area contributed by atoms with Crippen molar-refractivity contribution in [1.82, 2.24) is 4.90 Å². The van der Waals surface area contributed by atoms with Crippen LogP contribution in [0.4, 0.5) is 0 Å². The molecule has 6 heteroatoms. The van der Waals surface area contributed by atoms with Gasteiger partial charge in [-0.25, -0.2) is 0 Å². The average Bonchev–Trinajstić information content (AvgIpc) is 2.65. The van der Waals surface area contributed by atoms with Crippen LogP contribution in [0.5, 0.6) is 5.75 Å². The minimum Gasteiger partial charge on any atom is -0.488 e. The van der Waals surface area contributed by atoms with Gasteiger partial charge in [-0.05, 0) is 44.4 Å². The van der Waals surface area contributed by atoms with Crippen LogP contribution in [-0.4, -0.2) is 41.4 Å². The number of likely N-dealkylation sites (N-methyl/N-ethyl adjacent to an activating group) is 1. The fraction of sp³-hybridized carbons (Fsp3) is 0.636. The van der Waals surface area contributed by atoms with Gasteiger partial charge in [0.1, 0.15) is 17.4 Å². The molecule has 1 rings (SSSR count). The molecule has 4 N–H and O–H groups in total. The van der Waals surface area contributed by atoms with Crippen molar-refractivity contribution in [3.8, 4) is 5.75 Å². The van der Waals surface area contributed by atoms with E-state index < -0.39 is 18.0 Å². The highest BCUT2D eigenvalue weighted by Gasteiger charge is 2.30. The van der Waals surface area contributed by atoms with Crippen LogP contribution in [0.15, 0.2) is 24.3 Å². The Kier molecular flexibility index (Phi) is 10.8. The van der Waals surface area contributed by atoms with E-state index >= 15 is 0 Å². The Labute approximate surface area is 170 Å². The molecule has 2 amide bonds. The quantitative estimate of drug-likeness (QED) is 0.709. The van der Waals surface area contributed by atoms with Crippen LogP contribution in [0.3, 0.4) is 0 Å². The Hall–Kier alpha value is -2.08. The van der Waals surface area contributed by atoms with Crippen LogP contribution in [-0.2, 0) is 16.0 Å². The van der Waals surface area contributed by atoms with Crippen molar-refractivity contribution < 1.29 is 14.3 Å². The molecule has 0 saturated carbocycles. The number of carbonyl (C=O) groups is 2. The summed E-state index contributed by atoms with van der Waals surface area (Å²) in [6, 6.07) is 6.08. The highest BCUT2D eigenvalue weighted by molar-refractivity contribution is 5.89. The second kappa shape index (κ2) is 11.7. The van der Waals surface area contributed by atoms with Crippen molar-refractivity contribution in [3.05, 3.63) is 29.8 Å². The fourth-order valence-corrected chi connectivity index (χ4v) is 2.58. The van der Waals surface area contributed by atoms with Gasteiger partial charge in [-0.1, -0.05) is 46.2 Å². The van der Waals surface area contributed by atoms with Crippen LogP contribution in [0.2, 0.25) is 0 Å². The zero-order valence-electron chi connectivity index (χ0n) is 18.8. The molecule has 0 spiro atoms. The molecular formula is C22H39N3O3. The highest BCUT2D eigenvalue weighted by Crippen LogP contribution is 2.20. The molecule has 0 aliphatic carbocycles. The van der Waals surface area contributed by atoms with E-state index in [0.29, 0.717) is 6.42 Å². The predicted molar refractivity (Wildman–Crippen MR) is 115 cm³/mol. The first kappa shape index (κ1) is 25.9. The summed E-state index contributed by atoms with van der Waals surface area (Å²) in [5, 5.41) is 0. The summed E-state index contributed by atoms with van der Waals surface area (Å²) in [4.78, 5) is 25.9. The fourth-order valence-electron chi connectivity index (χ4n) is 2.58. The number of carbonyl (C=O) groups excluding carboxylic acids is 2. The third-order valence-corrected chi connectivity index (χ3v) is 4.46. The lowest BCUT2D eigenvalue weighted by molar-refractivity contribution is -0.139. The molecule has 0 radical (unpaired) electrons. The Morgan fingerprint density at radius 1 is 1.14 bits per heavy atom. The van der Waals surface area contributed by atoms with Crippen molar-refractivity contribution in [2.75, 3.05) is 7.05 Å². The lowest BCUT2D eigenvalue weighted by atomic mass is 9.97. The molecule has 0 aliphatic rings. The van der Waals surface area contributed by atoms with Gasteiger partial charge in [0.25, 0.3) is 0 Å². The number of nitrogens with two attached hydrogens (primary N) is 2. The van der Waals surface area contributed by atoms with Gasteiger partial charge in [0, 0.05) is 13.5 Å². The third kappa shape index (κ3) is 8.30. The van der Waals surface area contributed by atoms with Crippen molar-refractivity contribution in [1.29, 1.82) is 0 Å². The van der Waals surface area contributed by atoms with E-state index in [2.05, 4.69) is 0 Å². The van der Waals surface area contributed by atoms with Gasteiger partial charge in [0.15, 0.2) is 0 Å². The second-order valence-corrected chi connectivity index (χ2v) is 7.84. The summed E-state index contributed by atoms with van der Waals surface area (Å²) in [7, 11) is 1.58. The Morgan fingerprint density at radius 2 is 1.64 bits per heavy atom. The van der Waals surface area contributed by atoms with E-state index in [-0.39, 0.29) is 17.4 Å². The number of rotatable bonds is 8. The molecule has 1 aromatic carbocycles. The number of amides is 2. The van der Waals surface area contributed by atoms with Gasteiger partial charge in [0.05, 0.1) is 6.04 Å². The molecule has 3 atom stereocenters. The number of nitrogens with zero attached hydrogens (tertiary/aromatic N) is 1. The van der Waals surface area contributed by atoms with E-state index in [0.717, 1.165) is 17.7 Å². The smallest absolute Gasteiger partial charge is 0.240 e. The minimum atomic E-state index is -0.744. The number of benzene rings is 1. The Bertz CT molecular complexity index is 608. The van der Waals surface area contributed by atoms with Crippen molar-refractivity contribution in [3.63, 3.8) is 0 Å². The molecular weight excluding hydrogens is 354 g/mol. The average molecular weight is 394 g/mol. The molecule has 160 valence electrons. The predicted octanol–water partition coefficient (Wildman–Crippen LogP) is 3.12. The summed E-state index contributed by atoms with van der Waals surface area (Å²) >= 11 is 0. The highest BCUT2D eigenvalue weighted by atomic mass is 16.5. The summed E-state index contributed by atoms with van der Waals surface area (Å²) in [6.07, 6.45) is 1.12. The topological polar surface area (TPSA) is 98.7 Å². The van der Waals surface area contributed by atoms with E-state index in [4.69, 9.17) is 16.2 Å². The minimum absolute atomic E-state index is 0.0345. The monoisotopic (exact) mass is 393 g/mol. The Balaban J connectivity index is 0.00000352. The zero-order chi connectivity index (χ0) is 22.1. The van der Waals surface area contributed by atoms with E-state index in [1.807, 2.05) is 72.7 Å².